The summed E-state index contributed by atoms with van der Waals surface area (Å²) < 4.78 is 32.7. The summed E-state index contributed by atoms with van der Waals surface area (Å²) in [4.78, 5) is 25.1. The van der Waals surface area contributed by atoms with Gasteiger partial charge in [0, 0.05) is 36.9 Å². The number of amides is 1. The van der Waals surface area contributed by atoms with E-state index < -0.39 is 10.0 Å². The van der Waals surface area contributed by atoms with Crippen LogP contribution in [-0.2, 0) is 16.6 Å². The molecule has 0 aliphatic rings. The molecule has 2 N–H and O–H groups in total. The van der Waals surface area contributed by atoms with Gasteiger partial charge < -0.3 is 9.73 Å². The minimum absolute atomic E-state index is 0.236. The zero-order valence-corrected chi connectivity index (χ0v) is 18.2. The first-order valence-electron chi connectivity index (χ1n) is 9.89. The van der Waals surface area contributed by atoms with E-state index in [2.05, 4.69) is 25.0 Å². The van der Waals surface area contributed by atoms with Crippen LogP contribution in [0.15, 0.2) is 71.7 Å². The second kappa shape index (κ2) is 8.02. The molecular weight excluding hydrogens is 444 g/mol. The summed E-state index contributed by atoms with van der Waals surface area (Å²) in [5.41, 5.74) is 3.60. The van der Waals surface area contributed by atoms with Crippen molar-refractivity contribution < 1.29 is 17.6 Å². The molecule has 1 amide bonds. The van der Waals surface area contributed by atoms with E-state index in [1.807, 2.05) is 24.3 Å². The Hall–Kier alpha value is -4.25. The van der Waals surface area contributed by atoms with Gasteiger partial charge in [-0.15, -0.1) is 0 Å². The minimum Gasteiger partial charge on any atom is -0.436 e. The summed E-state index contributed by atoms with van der Waals surface area (Å²) in [7, 11) is -3.38. The van der Waals surface area contributed by atoms with Gasteiger partial charge in [0.05, 0.1) is 17.5 Å². The maximum Gasteiger partial charge on any atom is 0.254 e. The number of benzene rings is 2. The standard InChI is InChI=1S/C22H18N6O4S/c1-33(30,31)27-17-6-7-19-18(10-17)26-21(32-19)15-4-2-14(3-5-15)11-24-20(29)16-12-25-22-23-8-9-28(22)13-16/h2-10,12-13,27H,11H2,1H3,(H,24,29). The van der Waals surface area contributed by atoms with Crippen molar-refractivity contribution in [2.75, 3.05) is 11.0 Å². The normalized spacial score (nSPS) is 11.7. The fourth-order valence-electron chi connectivity index (χ4n) is 3.31. The van der Waals surface area contributed by atoms with Crippen LogP contribution in [0.3, 0.4) is 0 Å². The van der Waals surface area contributed by atoms with Crippen LogP contribution in [0.2, 0.25) is 0 Å². The molecule has 3 heterocycles. The van der Waals surface area contributed by atoms with Crippen LogP contribution < -0.4 is 10.0 Å². The predicted octanol–water partition coefficient (Wildman–Crippen LogP) is 2.84. The predicted molar refractivity (Wildman–Crippen MR) is 122 cm³/mol. The number of oxazole rings is 1. The van der Waals surface area contributed by atoms with Crippen LogP contribution >= 0.6 is 0 Å². The van der Waals surface area contributed by atoms with Gasteiger partial charge in [-0.05, 0) is 35.9 Å². The molecule has 0 aliphatic carbocycles. The molecule has 166 valence electrons. The van der Waals surface area contributed by atoms with E-state index in [0.717, 1.165) is 17.4 Å². The zero-order chi connectivity index (χ0) is 23.0. The third-order valence-electron chi connectivity index (χ3n) is 4.85. The minimum atomic E-state index is -3.38. The third-order valence-corrected chi connectivity index (χ3v) is 5.46. The van der Waals surface area contributed by atoms with E-state index in [1.165, 1.54) is 6.20 Å². The molecule has 0 aliphatic heterocycles. The highest BCUT2D eigenvalue weighted by molar-refractivity contribution is 7.92. The third kappa shape index (κ3) is 4.53. The fourth-order valence-corrected chi connectivity index (χ4v) is 3.87. The molecule has 0 saturated carbocycles. The Balaban J connectivity index is 1.27. The number of sulfonamides is 1. The van der Waals surface area contributed by atoms with E-state index >= 15 is 0 Å². The molecule has 33 heavy (non-hydrogen) atoms. The molecule has 0 fully saturated rings. The Bertz CT molecular complexity index is 1590. The Morgan fingerprint density at radius 2 is 1.94 bits per heavy atom. The number of anilines is 1. The van der Waals surface area contributed by atoms with Crippen molar-refractivity contribution in [1.82, 2.24) is 24.7 Å². The monoisotopic (exact) mass is 462 g/mol. The number of aromatic nitrogens is 4. The lowest BCUT2D eigenvalue weighted by Crippen LogP contribution is -2.23. The van der Waals surface area contributed by atoms with Gasteiger partial charge in [0.2, 0.25) is 21.7 Å². The largest absolute Gasteiger partial charge is 0.436 e. The van der Waals surface area contributed by atoms with E-state index in [0.29, 0.717) is 40.6 Å². The van der Waals surface area contributed by atoms with Gasteiger partial charge in [-0.25, -0.2) is 23.4 Å². The molecule has 5 rings (SSSR count). The number of carbonyl (C=O) groups excluding carboxylic acids is 1. The summed E-state index contributed by atoms with van der Waals surface area (Å²) >= 11 is 0. The first-order chi connectivity index (χ1) is 15.8. The number of nitrogens with one attached hydrogen (secondary N) is 2. The summed E-state index contributed by atoms with van der Waals surface area (Å²) in [6, 6.07) is 12.3. The Labute approximate surface area is 188 Å². The lowest BCUT2D eigenvalue weighted by atomic mass is 10.1. The molecule has 3 aromatic heterocycles. The second-order valence-electron chi connectivity index (χ2n) is 7.43. The van der Waals surface area contributed by atoms with E-state index in [9.17, 15) is 13.2 Å². The number of hydrogen-bond donors (Lipinski definition) is 2. The van der Waals surface area contributed by atoms with Gasteiger partial charge in [-0.3, -0.25) is 13.9 Å². The lowest BCUT2D eigenvalue weighted by molar-refractivity contribution is 0.0950. The van der Waals surface area contributed by atoms with Crippen LogP contribution in [0.1, 0.15) is 15.9 Å². The highest BCUT2D eigenvalue weighted by atomic mass is 32.2. The molecule has 2 aromatic carbocycles. The van der Waals surface area contributed by atoms with E-state index in [-0.39, 0.29) is 5.91 Å². The van der Waals surface area contributed by atoms with Gasteiger partial charge in [0.25, 0.3) is 5.91 Å². The lowest BCUT2D eigenvalue weighted by Gasteiger charge is -2.06. The van der Waals surface area contributed by atoms with Gasteiger partial charge >= 0.3 is 0 Å². The van der Waals surface area contributed by atoms with Crippen LogP contribution in [0, 0.1) is 0 Å². The van der Waals surface area contributed by atoms with Crippen molar-refractivity contribution in [3.63, 3.8) is 0 Å². The average molecular weight is 462 g/mol. The van der Waals surface area contributed by atoms with Crippen molar-refractivity contribution in [1.29, 1.82) is 0 Å². The Morgan fingerprint density at radius 3 is 2.73 bits per heavy atom. The number of carbonyl (C=O) groups is 1. The van der Waals surface area contributed by atoms with Gasteiger partial charge in [-0.2, -0.15) is 0 Å². The summed E-state index contributed by atoms with van der Waals surface area (Å²) in [6.07, 6.45) is 7.61. The average Bonchev–Trinajstić information content (AvgIpc) is 3.42. The quantitative estimate of drug-likeness (QED) is 0.397. The van der Waals surface area contributed by atoms with Crippen molar-refractivity contribution in [3.05, 3.63) is 78.4 Å². The molecule has 10 nitrogen and oxygen atoms in total. The fraction of sp³-hybridized carbons (Fsp3) is 0.0909. The van der Waals surface area contributed by atoms with Gasteiger partial charge in [0.1, 0.15) is 5.52 Å². The summed E-state index contributed by atoms with van der Waals surface area (Å²) in [5, 5.41) is 2.87. The number of hydrogen-bond acceptors (Lipinski definition) is 7. The van der Waals surface area contributed by atoms with Crippen LogP contribution in [0.4, 0.5) is 5.69 Å². The van der Waals surface area contributed by atoms with Crippen LogP contribution in [0.25, 0.3) is 28.3 Å². The molecule has 0 atom stereocenters. The molecule has 11 heteroatoms. The number of nitrogens with zero attached hydrogens (tertiary/aromatic N) is 4. The molecular formula is C22H18N6O4S. The topological polar surface area (TPSA) is 131 Å². The molecule has 0 spiro atoms. The summed E-state index contributed by atoms with van der Waals surface area (Å²) in [5.74, 6) is 0.709. The SMILES string of the molecule is CS(=O)(=O)Nc1ccc2oc(-c3ccc(CNC(=O)c4cnc5nccn5c4)cc3)nc2c1. The first-order valence-corrected chi connectivity index (χ1v) is 11.8. The number of fused-ring (bicyclic) bond motifs is 2. The van der Waals surface area contributed by atoms with Crippen molar-refractivity contribution in [2.45, 2.75) is 6.54 Å². The molecule has 0 bridgehead atoms. The maximum absolute atomic E-state index is 12.4. The molecule has 0 saturated heterocycles. The number of rotatable bonds is 6. The van der Waals surface area contributed by atoms with Crippen molar-refractivity contribution in [3.8, 4) is 11.5 Å². The molecule has 0 unspecified atom stereocenters. The Kier molecular flexibility index (Phi) is 5.02. The first kappa shape index (κ1) is 20.6. The Morgan fingerprint density at radius 1 is 1.12 bits per heavy atom. The number of imidazole rings is 1. The van der Waals surface area contributed by atoms with Crippen molar-refractivity contribution in [2.24, 2.45) is 0 Å². The van der Waals surface area contributed by atoms with Gasteiger partial charge in [-0.1, -0.05) is 12.1 Å². The van der Waals surface area contributed by atoms with E-state index in [4.69, 9.17) is 4.42 Å². The molecule has 0 radical (unpaired) electrons. The van der Waals surface area contributed by atoms with Crippen molar-refractivity contribution >= 4 is 38.5 Å². The maximum atomic E-state index is 12.4. The molecule has 5 aromatic rings. The second-order valence-corrected chi connectivity index (χ2v) is 9.18. The van der Waals surface area contributed by atoms with Crippen LogP contribution in [-0.4, -0.2) is 39.9 Å². The van der Waals surface area contributed by atoms with E-state index in [1.54, 1.807) is 41.2 Å². The highest BCUT2D eigenvalue weighted by Gasteiger charge is 2.11. The summed E-state index contributed by atoms with van der Waals surface area (Å²) in [6.45, 7) is 0.342. The zero-order valence-electron chi connectivity index (χ0n) is 17.4. The van der Waals surface area contributed by atoms with Gasteiger partial charge in [0.15, 0.2) is 5.58 Å². The smallest absolute Gasteiger partial charge is 0.254 e. The highest BCUT2D eigenvalue weighted by Crippen LogP contribution is 2.26. The van der Waals surface area contributed by atoms with Crippen LogP contribution in [0.5, 0.6) is 0 Å².